The van der Waals surface area contributed by atoms with Gasteiger partial charge in [0.05, 0.1) is 7.11 Å². The molecule has 0 saturated heterocycles. The summed E-state index contributed by atoms with van der Waals surface area (Å²) in [5.41, 5.74) is 0. The molecule has 0 radical (unpaired) electrons. The minimum absolute atomic E-state index is 0.186. The summed E-state index contributed by atoms with van der Waals surface area (Å²) < 4.78 is 10.6. The van der Waals surface area contributed by atoms with Crippen LogP contribution in [0.2, 0.25) is 0 Å². The maximum Gasteiger partial charge on any atom is 0.131 e. The van der Waals surface area contributed by atoms with E-state index in [1.807, 2.05) is 24.3 Å². The fourth-order valence-corrected chi connectivity index (χ4v) is 1.33. The molecule has 0 spiro atoms. The van der Waals surface area contributed by atoms with Crippen LogP contribution in [0.3, 0.4) is 0 Å². The van der Waals surface area contributed by atoms with E-state index in [0.717, 1.165) is 5.75 Å². The van der Waals surface area contributed by atoms with Crippen molar-refractivity contribution in [3.63, 3.8) is 0 Å². The number of rotatable bonds is 3. The van der Waals surface area contributed by atoms with Gasteiger partial charge < -0.3 is 14.6 Å². The van der Waals surface area contributed by atoms with Gasteiger partial charge in [-0.25, -0.2) is 0 Å². The molecular weight excluding hydrogens is 204 g/mol. The Labute approximate surface area is 93.9 Å². The molecule has 0 aliphatic carbocycles. The summed E-state index contributed by atoms with van der Waals surface area (Å²) in [7, 11) is 1.62. The molecule has 0 amide bonds. The van der Waals surface area contributed by atoms with Gasteiger partial charge in [-0.2, -0.15) is 0 Å². The fourth-order valence-electron chi connectivity index (χ4n) is 1.33. The summed E-state index contributed by atoms with van der Waals surface area (Å²) >= 11 is 0. The number of hydrogen-bond donors (Lipinski definition) is 1. The molecule has 0 atom stereocenters. The van der Waals surface area contributed by atoms with E-state index >= 15 is 0 Å². The largest absolute Gasteiger partial charge is 0.508 e. The van der Waals surface area contributed by atoms with Crippen LogP contribution in [0.15, 0.2) is 48.5 Å². The predicted molar refractivity (Wildman–Crippen MR) is 61.2 cm³/mol. The van der Waals surface area contributed by atoms with Gasteiger partial charge in [-0.3, -0.25) is 0 Å². The van der Waals surface area contributed by atoms with E-state index in [-0.39, 0.29) is 5.75 Å². The summed E-state index contributed by atoms with van der Waals surface area (Å²) in [4.78, 5) is 0. The highest BCUT2D eigenvalue weighted by molar-refractivity contribution is 5.38. The van der Waals surface area contributed by atoms with Gasteiger partial charge in [-0.1, -0.05) is 6.07 Å². The first kappa shape index (κ1) is 10.4. The molecule has 2 aromatic carbocycles. The Morgan fingerprint density at radius 2 is 1.56 bits per heavy atom. The van der Waals surface area contributed by atoms with E-state index < -0.39 is 0 Å². The fraction of sp³-hybridized carbons (Fsp3) is 0.0769. The lowest BCUT2D eigenvalue weighted by molar-refractivity contribution is 0.412. The third-order valence-corrected chi connectivity index (χ3v) is 2.11. The van der Waals surface area contributed by atoms with Gasteiger partial charge in [0.15, 0.2) is 0 Å². The first-order valence-electron chi connectivity index (χ1n) is 4.89. The molecule has 0 heterocycles. The van der Waals surface area contributed by atoms with Crippen LogP contribution in [-0.2, 0) is 0 Å². The topological polar surface area (TPSA) is 38.7 Å². The molecule has 0 fully saturated rings. The van der Waals surface area contributed by atoms with Crippen molar-refractivity contribution >= 4 is 0 Å². The Balaban J connectivity index is 2.14. The molecule has 1 N–H and O–H groups in total. The SMILES string of the molecule is COc1ccc(Oc2cccc(O)c2)cc1. The molecule has 3 nitrogen and oxygen atoms in total. The summed E-state index contributed by atoms with van der Waals surface area (Å²) in [5, 5.41) is 9.27. The monoisotopic (exact) mass is 216 g/mol. The Bertz CT molecular complexity index is 463. The Morgan fingerprint density at radius 1 is 0.875 bits per heavy atom. The summed E-state index contributed by atoms with van der Waals surface area (Å²) in [5.74, 6) is 2.27. The standard InChI is InChI=1S/C13H12O3/c1-15-11-5-7-12(8-6-11)16-13-4-2-3-10(14)9-13/h2-9,14H,1H3. The van der Waals surface area contributed by atoms with Gasteiger partial charge in [-0.05, 0) is 36.4 Å². The third-order valence-electron chi connectivity index (χ3n) is 2.11. The molecule has 82 valence electrons. The van der Waals surface area contributed by atoms with Crippen LogP contribution in [0.4, 0.5) is 0 Å². The Kier molecular flexibility index (Phi) is 2.96. The van der Waals surface area contributed by atoms with Crippen molar-refractivity contribution in [1.82, 2.24) is 0 Å². The normalized spacial score (nSPS) is 9.81. The van der Waals surface area contributed by atoms with Crippen molar-refractivity contribution < 1.29 is 14.6 Å². The lowest BCUT2D eigenvalue weighted by Gasteiger charge is -2.06. The molecule has 0 aromatic heterocycles. The zero-order valence-corrected chi connectivity index (χ0v) is 8.88. The molecule has 3 heteroatoms. The van der Waals surface area contributed by atoms with Crippen molar-refractivity contribution in [3.05, 3.63) is 48.5 Å². The van der Waals surface area contributed by atoms with Crippen LogP contribution >= 0.6 is 0 Å². The number of phenols is 1. The van der Waals surface area contributed by atoms with Crippen molar-refractivity contribution in [1.29, 1.82) is 0 Å². The predicted octanol–water partition coefficient (Wildman–Crippen LogP) is 3.19. The molecule has 0 aliphatic rings. The number of aromatic hydroxyl groups is 1. The van der Waals surface area contributed by atoms with Gasteiger partial charge in [-0.15, -0.1) is 0 Å². The molecule has 0 saturated carbocycles. The quantitative estimate of drug-likeness (QED) is 0.856. The average molecular weight is 216 g/mol. The summed E-state index contributed by atoms with van der Waals surface area (Å²) in [6, 6.07) is 13.9. The number of phenolic OH excluding ortho intramolecular Hbond substituents is 1. The molecule has 16 heavy (non-hydrogen) atoms. The highest BCUT2D eigenvalue weighted by atomic mass is 16.5. The second-order valence-corrected chi connectivity index (χ2v) is 3.27. The number of ether oxygens (including phenoxy) is 2. The van der Waals surface area contributed by atoms with E-state index in [0.29, 0.717) is 11.5 Å². The maximum absolute atomic E-state index is 9.27. The second kappa shape index (κ2) is 4.57. The third kappa shape index (κ3) is 2.45. The van der Waals surface area contributed by atoms with Gasteiger partial charge in [0, 0.05) is 6.07 Å². The molecule has 0 aliphatic heterocycles. The van der Waals surface area contributed by atoms with Crippen LogP contribution in [0.5, 0.6) is 23.0 Å². The summed E-state index contributed by atoms with van der Waals surface area (Å²) in [6.45, 7) is 0. The van der Waals surface area contributed by atoms with E-state index in [4.69, 9.17) is 9.47 Å². The minimum atomic E-state index is 0.186. The van der Waals surface area contributed by atoms with Gasteiger partial charge in [0.25, 0.3) is 0 Å². The van der Waals surface area contributed by atoms with Gasteiger partial charge >= 0.3 is 0 Å². The second-order valence-electron chi connectivity index (χ2n) is 3.27. The highest BCUT2D eigenvalue weighted by Crippen LogP contribution is 2.25. The maximum atomic E-state index is 9.27. The lowest BCUT2D eigenvalue weighted by Crippen LogP contribution is -1.85. The van der Waals surface area contributed by atoms with Crippen LogP contribution < -0.4 is 9.47 Å². The Morgan fingerprint density at radius 3 is 2.19 bits per heavy atom. The first-order valence-corrected chi connectivity index (χ1v) is 4.89. The Hall–Kier alpha value is -2.16. The molecule has 2 aromatic rings. The minimum Gasteiger partial charge on any atom is -0.508 e. The van der Waals surface area contributed by atoms with Crippen molar-refractivity contribution in [3.8, 4) is 23.0 Å². The van der Waals surface area contributed by atoms with Crippen molar-refractivity contribution in [2.24, 2.45) is 0 Å². The van der Waals surface area contributed by atoms with Crippen LogP contribution in [0, 0.1) is 0 Å². The number of methoxy groups -OCH3 is 1. The number of hydrogen-bond acceptors (Lipinski definition) is 3. The zero-order valence-electron chi connectivity index (χ0n) is 8.88. The molecule has 0 bridgehead atoms. The van der Waals surface area contributed by atoms with Crippen LogP contribution in [0.25, 0.3) is 0 Å². The summed E-state index contributed by atoms with van der Waals surface area (Å²) in [6.07, 6.45) is 0. The molecule has 2 rings (SSSR count). The van der Waals surface area contributed by atoms with E-state index in [1.54, 1.807) is 31.4 Å². The molecule has 0 unspecified atom stereocenters. The zero-order chi connectivity index (χ0) is 11.4. The van der Waals surface area contributed by atoms with Gasteiger partial charge in [0.1, 0.15) is 23.0 Å². The van der Waals surface area contributed by atoms with E-state index in [9.17, 15) is 5.11 Å². The smallest absolute Gasteiger partial charge is 0.131 e. The van der Waals surface area contributed by atoms with Crippen molar-refractivity contribution in [2.75, 3.05) is 7.11 Å². The highest BCUT2D eigenvalue weighted by Gasteiger charge is 1.98. The van der Waals surface area contributed by atoms with Gasteiger partial charge in [0.2, 0.25) is 0 Å². The van der Waals surface area contributed by atoms with Crippen molar-refractivity contribution in [2.45, 2.75) is 0 Å². The van der Waals surface area contributed by atoms with Crippen LogP contribution in [0.1, 0.15) is 0 Å². The first-order chi connectivity index (χ1) is 7.78. The molecular formula is C13H12O3. The number of benzene rings is 2. The van der Waals surface area contributed by atoms with Crippen LogP contribution in [-0.4, -0.2) is 12.2 Å². The van der Waals surface area contributed by atoms with E-state index in [1.165, 1.54) is 0 Å². The lowest BCUT2D eigenvalue weighted by atomic mass is 10.3. The van der Waals surface area contributed by atoms with E-state index in [2.05, 4.69) is 0 Å². The average Bonchev–Trinajstić information content (AvgIpc) is 2.30.